The van der Waals surface area contributed by atoms with Crippen molar-refractivity contribution in [3.63, 3.8) is 0 Å². The maximum absolute atomic E-state index is 13.1. The van der Waals surface area contributed by atoms with E-state index >= 15 is 0 Å². The zero-order valence-corrected chi connectivity index (χ0v) is 18.8. The van der Waals surface area contributed by atoms with Gasteiger partial charge in [-0.25, -0.2) is 4.39 Å². The zero-order chi connectivity index (χ0) is 23.3. The fraction of sp³-hybridized carbons (Fsp3) is 0.217. The zero-order valence-electron chi connectivity index (χ0n) is 17.3. The van der Waals surface area contributed by atoms with Crippen LogP contribution in [0.5, 0.6) is 17.2 Å². The van der Waals surface area contributed by atoms with E-state index in [4.69, 9.17) is 37.4 Å². The molecule has 9 heteroatoms. The number of rotatable bonds is 9. The molecule has 0 aliphatic heterocycles. The maximum atomic E-state index is 13.1. The second-order valence-corrected chi connectivity index (χ2v) is 7.55. The molecule has 3 aromatic rings. The first-order valence-corrected chi connectivity index (χ1v) is 10.3. The molecular formula is C23H20Cl2FNO5. The summed E-state index contributed by atoms with van der Waals surface area (Å²) in [5.41, 5.74) is 0.758. The van der Waals surface area contributed by atoms with E-state index < -0.39 is 5.56 Å². The molecule has 0 aliphatic rings. The van der Waals surface area contributed by atoms with E-state index in [1.54, 1.807) is 24.3 Å². The van der Waals surface area contributed by atoms with Crippen LogP contribution in [0, 0.1) is 5.82 Å². The third-order valence-electron chi connectivity index (χ3n) is 4.77. The summed E-state index contributed by atoms with van der Waals surface area (Å²) in [6.07, 6.45) is 1.54. The maximum Gasteiger partial charge on any atom is 0.267 e. The Morgan fingerprint density at radius 3 is 2.41 bits per heavy atom. The summed E-state index contributed by atoms with van der Waals surface area (Å²) in [7, 11) is 2.90. The topological polar surface area (TPSA) is 77.6 Å². The lowest BCUT2D eigenvalue weighted by atomic mass is 10.0. The molecule has 0 atom stereocenters. The van der Waals surface area contributed by atoms with Gasteiger partial charge in [0.2, 0.25) is 5.75 Å². The van der Waals surface area contributed by atoms with Crippen LogP contribution in [-0.4, -0.2) is 31.6 Å². The van der Waals surface area contributed by atoms with Crippen molar-refractivity contribution in [1.82, 2.24) is 4.98 Å². The van der Waals surface area contributed by atoms with Gasteiger partial charge in [-0.15, -0.1) is 0 Å². The van der Waals surface area contributed by atoms with E-state index in [-0.39, 0.29) is 57.3 Å². The lowest BCUT2D eigenvalue weighted by molar-refractivity contribution is 0.0988. The Morgan fingerprint density at radius 2 is 1.75 bits per heavy atom. The van der Waals surface area contributed by atoms with Crippen LogP contribution < -0.4 is 19.8 Å². The first-order chi connectivity index (χ1) is 15.3. The number of aromatic nitrogens is 1. The molecular weight excluding hydrogens is 460 g/mol. The van der Waals surface area contributed by atoms with Gasteiger partial charge >= 0.3 is 0 Å². The Balaban J connectivity index is 1.91. The van der Waals surface area contributed by atoms with Gasteiger partial charge in [-0.05, 0) is 29.8 Å². The molecule has 0 bridgehead atoms. The largest absolute Gasteiger partial charge is 0.493 e. The number of halogens is 3. The number of pyridine rings is 1. The van der Waals surface area contributed by atoms with Crippen LogP contribution in [0.2, 0.25) is 10.0 Å². The SMILES string of the molecule is COc1ccc(C(=O)Cc2c(Cl)c[nH]c(=O)c2Cl)c(OCCc2ccc(F)cc2)c1OC. The number of carbonyl (C=O) groups is 1. The number of ether oxygens (including phenoxy) is 3. The van der Waals surface area contributed by atoms with Crippen molar-refractivity contribution in [2.45, 2.75) is 12.8 Å². The van der Waals surface area contributed by atoms with E-state index in [1.807, 2.05) is 0 Å². The van der Waals surface area contributed by atoms with E-state index in [0.717, 1.165) is 5.56 Å². The van der Waals surface area contributed by atoms with Crippen LogP contribution in [-0.2, 0) is 12.8 Å². The van der Waals surface area contributed by atoms with E-state index in [9.17, 15) is 14.0 Å². The van der Waals surface area contributed by atoms with Gasteiger partial charge in [-0.1, -0.05) is 35.3 Å². The molecule has 1 aromatic heterocycles. The summed E-state index contributed by atoms with van der Waals surface area (Å²) in [4.78, 5) is 27.4. The lowest BCUT2D eigenvalue weighted by Gasteiger charge is -2.17. The van der Waals surface area contributed by atoms with Gasteiger partial charge in [0, 0.05) is 24.6 Å². The molecule has 1 N–H and O–H groups in total. The molecule has 0 unspecified atom stereocenters. The number of hydrogen-bond donors (Lipinski definition) is 1. The minimum atomic E-state index is -0.540. The highest BCUT2D eigenvalue weighted by Gasteiger charge is 2.23. The molecule has 2 aromatic carbocycles. The Bertz CT molecular complexity index is 1180. The number of benzene rings is 2. The minimum absolute atomic E-state index is 0.148. The van der Waals surface area contributed by atoms with Crippen LogP contribution in [0.3, 0.4) is 0 Å². The molecule has 32 heavy (non-hydrogen) atoms. The molecule has 0 saturated carbocycles. The molecule has 0 radical (unpaired) electrons. The Labute approximate surface area is 193 Å². The third-order valence-corrected chi connectivity index (χ3v) is 5.51. The molecule has 3 rings (SSSR count). The fourth-order valence-electron chi connectivity index (χ4n) is 3.12. The van der Waals surface area contributed by atoms with Gasteiger partial charge in [0.05, 0.1) is 31.4 Å². The second kappa shape index (κ2) is 10.5. The fourth-order valence-corrected chi connectivity index (χ4v) is 3.61. The quantitative estimate of drug-likeness (QED) is 0.442. The molecule has 168 valence electrons. The number of carbonyl (C=O) groups excluding carboxylic acids is 1. The Kier molecular flexibility index (Phi) is 7.77. The smallest absolute Gasteiger partial charge is 0.267 e. The van der Waals surface area contributed by atoms with Gasteiger partial charge in [0.15, 0.2) is 17.3 Å². The van der Waals surface area contributed by atoms with E-state index in [1.165, 1.54) is 32.5 Å². The van der Waals surface area contributed by atoms with Crippen LogP contribution in [0.1, 0.15) is 21.5 Å². The van der Waals surface area contributed by atoms with E-state index in [0.29, 0.717) is 12.2 Å². The number of H-pyrrole nitrogens is 1. The highest BCUT2D eigenvalue weighted by atomic mass is 35.5. The van der Waals surface area contributed by atoms with Crippen molar-refractivity contribution < 1.29 is 23.4 Å². The number of Topliss-reactive ketones (excluding diaryl/α,β-unsaturated/α-hetero) is 1. The summed E-state index contributed by atoms with van der Waals surface area (Å²) in [5, 5.41) is 0.0207. The van der Waals surface area contributed by atoms with Crippen molar-refractivity contribution in [3.8, 4) is 17.2 Å². The number of methoxy groups -OCH3 is 2. The molecule has 0 aliphatic carbocycles. The second-order valence-electron chi connectivity index (χ2n) is 6.76. The first kappa shape index (κ1) is 23.6. The normalized spacial score (nSPS) is 10.7. The average molecular weight is 480 g/mol. The van der Waals surface area contributed by atoms with Crippen molar-refractivity contribution in [2.24, 2.45) is 0 Å². The molecule has 0 fully saturated rings. The van der Waals surface area contributed by atoms with Gasteiger partial charge < -0.3 is 19.2 Å². The monoisotopic (exact) mass is 479 g/mol. The molecule has 0 amide bonds. The van der Waals surface area contributed by atoms with Crippen molar-refractivity contribution in [3.05, 3.63) is 85.5 Å². The predicted molar refractivity (Wildman–Crippen MR) is 120 cm³/mol. The number of aromatic amines is 1. The van der Waals surface area contributed by atoms with Crippen LogP contribution in [0.25, 0.3) is 0 Å². The average Bonchev–Trinajstić information content (AvgIpc) is 2.79. The van der Waals surface area contributed by atoms with Crippen LogP contribution in [0.4, 0.5) is 4.39 Å². The summed E-state index contributed by atoms with van der Waals surface area (Å²) >= 11 is 12.2. The van der Waals surface area contributed by atoms with Gasteiger partial charge in [0.1, 0.15) is 10.8 Å². The first-order valence-electron chi connectivity index (χ1n) is 9.56. The number of nitrogens with one attached hydrogen (secondary N) is 1. The Morgan fingerprint density at radius 1 is 1.03 bits per heavy atom. The highest BCUT2D eigenvalue weighted by molar-refractivity contribution is 6.36. The Hall–Kier alpha value is -3.03. The summed E-state index contributed by atoms with van der Waals surface area (Å²) in [5.74, 6) is 0.121. The third kappa shape index (κ3) is 5.23. The molecule has 0 spiro atoms. The van der Waals surface area contributed by atoms with Crippen LogP contribution in [0.15, 0.2) is 47.4 Å². The van der Waals surface area contributed by atoms with Gasteiger partial charge in [-0.2, -0.15) is 0 Å². The lowest BCUT2D eigenvalue weighted by Crippen LogP contribution is -2.14. The van der Waals surface area contributed by atoms with Crippen LogP contribution >= 0.6 is 23.2 Å². The molecule has 0 saturated heterocycles. The number of hydrogen-bond acceptors (Lipinski definition) is 5. The highest BCUT2D eigenvalue weighted by Crippen LogP contribution is 2.41. The van der Waals surface area contributed by atoms with Crippen molar-refractivity contribution in [2.75, 3.05) is 20.8 Å². The van der Waals surface area contributed by atoms with Gasteiger partial charge in [-0.3, -0.25) is 9.59 Å². The predicted octanol–water partition coefficient (Wildman–Crippen LogP) is 4.88. The minimum Gasteiger partial charge on any atom is -0.493 e. The molecule has 6 nitrogen and oxygen atoms in total. The van der Waals surface area contributed by atoms with Crippen molar-refractivity contribution >= 4 is 29.0 Å². The summed E-state index contributed by atoms with van der Waals surface area (Å²) in [6.45, 7) is 0.196. The number of ketones is 1. The summed E-state index contributed by atoms with van der Waals surface area (Å²) < 4.78 is 29.8. The van der Waals surface area contributed by atoms with E-state index in [2.05, 4.69) is 4.98 Å². The van der Waals surface area contributed by atoms with Gasteiger partial charge in [0.25, 0.3) is 5.56 Å². The molecule has 1 heterocycles. The summed E-state index contributed by atoms with van der Waals surface area (Å²) in [6, 6.07) is 9.18. The van der Waals surface area contributed by atoms with Crippen molar-refractivity contribution in [1.29, 1.82) is 0 Å². The standard InChI is InChI=1S/C23H20Cl2FNO5/c1-30-19-8-7-15(18(28)11-16-17(24)12-27-23(29)20(16)25)21(22(19)31-2)32-10-9-13-3-5-14(26)6-4-13/h3-8,12H,9-11H2,1-2H3,(H,27,29).